The molecule has 0 spiro atoms. The highest BCUT2D eigenvalue weighted by molar-refractivity contribution is 7.99. The number of nitrogens with zero attached hydrogens (tertiary/aromatic N) is 3. The summed E-state index contributed by atoms with van der Waals surface area (Å²) in [5, 5.41) is 8.13. The Labute approximate surface area is 149 Å². The molecular weight excluding hydrogens is 342 g/mol. The van der Waals surface area contributed by atoms with Crippen LogP contribution in [0.4, 0.5) is 0 Å². The number of carbonyl (C=O) groups excluding carboxylic acids is 1. The van der Waals surface area contributed by atoms with Crippen LogP contribution in [0.15, 0.2) is 56.7 Å². The van der Waals surface area contributed by atoms with Crippen LogP contribution in [-0.2, 0) is 11.3 Å². The zero-order valence-electron chi connectivity index (χ0n) is 13.8. The number of amides is 1. The second-order valence-corrected chi connectivity index (χ2v) is 6.13. The van der Waals surface area contributed by atoms with E-state index in [0.717, 1.165) is 11.3 Å². The first-order valence-corrected chi connectivity index (χ1v) is 8.52. The molecule has 8 heteroatoms. The lowest BCUT2D eigenvalue weighted by atomic mass is 10.2. The molecule has 25 heavy (non-hydrogen) atoms. The van der Waals surface area contributed by atoms with Gasteiger partial charge in [-0.3, -0.25) is 4.79 Å². The summed E-state index contributed by atoms with van der Waals surface area (Å²) in [5.74, 6) is 1.70. The normalized spacial score (nSPS) is 10.6. The van der Waals surface area contributed by atoms with Crippen LogP contribution in [0.1, 0.15) is 5.56 Å². The lowest BCUT2D eigenvalue weighted by Gasteiger charge is -2.18. The highest BCUT2D eigenvalue weighted by Gasteiger charge is 2.16. The van der Waals surface area contributed by atoms with Crippen molar-refractivity contribution in [3.8, 4) is 17.4 Å². The van der Waals surface area contributed by atoms with Gasteiger partial charge in [0.2, 0.25) is 5.91 Å². The van der Waals surface area contributed by atoms with Crippen molar-refractivity contribution in [2.45, 2.75) is 11.8 Å². The largest absolute Gasteiger partial charge is 0.496 e. The Balaban J connectivity index is 1.55. The quantitative estimate of drug-likeness (QED) is 0.600. The molecule has 7 nitrogen and oxygen atoms in total. The third-order valence-corrected chi connectivity index (χ3v) is 4.29. The Kier molecular flexibility index (Phi) is 5.39. The van der Waals surface area contributed by atoms with Gasteiger partial charge in [-0.05, 0) is 18.2 Å². The Morgan fingerprint density at radius 2 is 2.08 bits per heavy atom. The molecule has 0 aliphatic carbocycles. The van der Waals surface area contributed by atoms with E-state index in [9.17, 15) is 4.79 Å². The summed E-state index contributed by atoms with van der Waals surface area (Å²) < 4.78 is 16.0. The Hall–Kier alpha value is -2.74. The second-order valence-electron chi connectivity index (χ2n) is 5.20. The maximum absolute atomic E-state index is 12.3. The van der Waals surface area contributed by atoms with Crippen molar-refractivity contribution < 1.29 is 18.4 Å². The van der Waals surface area contributed by atoms with Gasteiger partial charge >= 0.3 is 0 Å². The molecule has 130 valence electrons. The molecule has 3 rings (SSSR count). The summed E-state index contributed by atoms with van der Waals surface area (Å²) in [4.78, 5) is 13.9. The molecule has 1 amide bonds. The van der Waals surface area contributed by atoms with Crippen LogP contribution in [0.3, 0.4) is 0 Å². The Morgan fingerprint density at radius 3 is 2.84 bits per heavy atom. The van der Waals surface area contributed by atoms with E-state index < -0.39 is 0 Å². The van der Waals surface area contributed by atoms with Gasteiger partial charge in [-0.25, -0.2) is 0 Å². The predicted octanol–water partition coefficient (Wildman–Crippen LogP) is 3.09. The first kappa shape index (κ1) is 17.1. The van der Waals surface area contributed by atoms with Crippen molar-refractivity contribution in [3.63, 3.8) is 0 Å². The number of ether oxygens (including phenoxy) is 1. The van der Waals surface area contributed by atoms with E-state index in [1.54, 1.807) is 31.2 Å². The third kappa shape index (κ3) is 4.21. The highest BCUT2D eigenvalue weighted by atomic mass is 32.2. The molecule has 0 unspecified atom stereocenters. The van der Waals surface area contributed by atoms with E-state index in [1.807, 2.05) is 24.3 Å². The molecule has 0 aliphatic rings. The molecular formula is C17H17N3O4S. The molecule has 2 aromatic heterocycles. The summed E-state index contributed by atoms with van der Waals surface area (Å²) in [6, 6.07) is 11.1. The molecule has 0 saturated heterocycles. The number of thioether (sulfide) groups is 1. The highest BCUT2D eigenvalue weighted by Crippen LogP contribution is 2.24. The standard InChI is InChI=1S/C17H17N3O4S/c1-20(10-12-6-3-4-7-13(12)22-2)15(21)11-25-17-19-18-16(24-17)14-8-5-9-23-14/h3-9H,10-11H2,1-2H3. The van der Waals surface area contributed by atoms with Gasteiger partial charge in [0.05, 0.1) is 19.1 Å². The van der Waals surface area contributed by atoms with Crippen LogP contribution >= 0.6 is 11.8 Å². The van der Waals surface area contributed by atoms with Gasteiger partial charge in [0.25, 0.3) is 11.1 Å². The van der Waals surface area contributed by atoms with E-state index in [2.05, 4.69) is 10.2 Å². The van der Waals surface area contributed by atoms with E-state index in [0.29, 0.717) is 23.4 Å². The smallest absolute Gasteiger partial charge is 0.284 e. The minimum absolute atomic E-state index is 0.0475. The predicted molar refractivity (Wildman–Crippen MR) is 92.2 cm³/mol. The lowest BCUT2D eigenvalue weighted by molar-refractivity contribution is -0.127. The fraction of sp³-hybridized carbons (Fsp3) is 0.235. The fourth-order valence-electron chi connectivity index (χ4n) is 2.18. The fourth-order valence-corrected chi connectivity index (χ4v) is 2.88. The minimum Gasteiger partial charge on any atom is -0.496 e. The Bertz CT molecular complexity index is 832. The van der Waals surface area contributed by atoms with E-state index >= 15 is 0 Å². The maximum Gasteiger partial charge on any atom is 0.284 e. The van der Waals surface area contributed by atoms with Crippen LogP contribution in [0.25, 0.3) is 11.7 Å². The molecule has 0 aliphatic heterocycles. The number of furan rings is 1. The van der Waals surface area contributed by atoms with Crippen LogP contribution in [-0.4, -0.2) is 40.9 Å². The number of rotatable bonds is 7. The molecule has 0 saturated carbocycles. The summed E-state index contributed by atoms with van der Waals surface area (Å²) in [5.41, 5.74) is 0.948. The SMILES string of the molecule is COc1ccccc1CN(C)C(=O)CSc1nnc(-c2ccco2)o1. The summed E-state index contributed by atoms with van der Waals surface area (Å²) in [7, 11) is 3.36. The molecule has 0 N–H and O–H groups in total. The molecule has 0 fully saturated rings. The minimum atomic E-state index is -0.0475. The van der Waals surface area contributed by atoms with Gasteiger partial charge in [-0.1, -0.05) is 30.0 Å². The van der Waals surface area contributed by atoms with Gasteiger partial charge in [0.15, 0.2) is 5.76 Å². The zero-order chi connectivity index (χ0) is 17.6. The van der Waals surface area contributed by atoms with Crippen LogP contribution in [0.5, 0.6) is 5.75 Å². The first-order chi connectivity index (χ1) is 12.2. The average Bonchev–Trinajstić information content (AvgIpc) is 3.31. The second kappa shape index (κ2) is 7.89. The molecule has 0 atom stereocenters. The monoisotopic (exact) mass is 359 g/mol. The number of hydrogen-bond acceptors (Lipinski definition) is 7. The van der Waals surface area contributed by atoms with Crippen molar-refractivity contribution in [1.82, 2.24) is 15.1 Å². The van der Waals surface area contributed by atoms with Gasteiger partial charge in [0, 0.05) is 19.2 Å². The molecule has 0 radical (unpaired) electrons. The molecule has 0 bridgehead atoms. The van der Waals surface area contributed by atoms with Crippen molar-refractivity contribution in [1.29, 1.82) is 0 Å². The van der Waals surface area contributed by atoms with Crippen molar-refractivity contribution in [2.24, 2.45) is 0 Å². The number of hydrogen-bond donors (Lipinski definition) is 0. The molecule has 1 aromatic carbocycles. The number of methoxy groups -OCH3 is 1. The van der Waals surface area contributed by atoms with Crippen molar-refractivity contribution >= 4 is 17.7 Å². The van der Waals surface area contributed by atoms with Crippen molar-refractivity contribution in [2.75, 3.05) is 19.9 Å². The van der Waals surface area contributed by atoms with Crippen LogP contribution < -0.4 is 4.74 Å². The average molecular weight is 359 g/mol. The van der Waals surface area contributed by atoms with Crippen LogP contribution in [0, 0.1) is 0 Å². The Morgan fingerprint density at radius 1 is 1.24 bits per heavy atom. The van der Waals surface area contributed by atoms with Crippen molar-refractivity contribution in [3.05, 3.63) is 48.2 Å². The van der Waals surface area contributed by atoms with Gasteiger partial charge < -0.3 is 18.5 Å². The van der Waals surface area contributed by atoms with Gasteiger partial charge in [-0.15, -0.1) is 10.2 Å². The molecule has 3 aromatic rings. The summed E-state index contributed by atoms with van der Waals surface area (Å²) in [6.07, 6.45) is 1.53. The zero-order valence-corrected chi connectivity index (χ0v) is 14.7. The summed E-state index contributed by atoms with van der Waals surface area (Å²) in [6.45, 7) is 0.463. The first-order valence-electron chi connectivity index (χ1n) is 7.53. The van der Waals surface area contributed by atoms with Gasteiger partial charge in [0.1, 0.15) is 5.75 Å². The van der Waals surface area contributed by atoms with Gasteiger partial charge in [-0.2, -0.15) is 0 Å². The topological polar surface area (TPSA) is 81.6 Å². The number of carbonyl (C=O) groups is 1. The molecule has 2 heterocycles. The van der Waals surface area contributed by atoms with Crippen LogP contribution in [0.2, 0.25) is 0 Å². The number of aromatic nitrogens is 2. The number of para-hydroxylation sites is 1. The summed E-state index contributed by atoms with van der Waals surface area (Å²) >= 11 is 1.19. The maximum atomic E-state index is 12.3. The van der Waals surface area contributed by atoms with E-state index in [-0.39, 0.29) is 11.7 Å². The third-order valence-electron chi connectivity index (χ3n) is 3.48. The van der Waals surface area contributed by atoms with E-state index in [4.69, 9.17) is 13.6 Å². The number of benzene rings is 1. The van der Waals surface area contributed by atoms with E-state index in [1.165, 1.54) is 18.0 Å². The lowest BCUT2D eigenvalue weighted by Crippen LogP contribution is -2.28.